The van der Waals surface area contributed by atoms with Crippen LogP contribution in [0, 0.1) is 5.92 Å². The molecular weight excluding hydrogens is 376 g/mol. The molecule has 1 aliphatic carbocycles. The minimum absolute atomic E-state index is 0.172. The van der Waals surface area contributed by atoms with Gasteiger partial charge in [-0.1, -0.05) is 32.4 Å². The van der Waals surface area contributed by atoms with Gasteiger partial charge in [0.25, 0.3) is 0 Å². The highest BCUT2D eigenvalue weighted by Gasteiger charge is 2.28. The Kier molecular flexibility index (Phi) is 8.29. The van der Waals surface area contributed by atoms with E-state index < -0.39 is 0 Å². The Morgan fingerprint density at radius 1 is 1.10 bits per heavy atom. The zero-order valence-corrected chi connectivity index (χ0v) is 18.5. The van der Waals surface area contributed by atoms with Gasteiger partial charge in [-0.05, 0) is 50.7 Å². The monoisotopic (exact) mass is 412 g/mol. The average molecular weight is 413 g/mol. The standard InChI is InChI=1S/C24H36N4O2/c1-3-16-27(17-4-2)23(29)18-28-21-11-8-7-10-20(21)26-22(28)12-6-5-9-15-25-24(30)19-13-14-19/h7-8,10-11,19H,3-6,9,12-18H2,1-2H3,(H,25,30). The van der Waals surface area contributed by atoms with Crippen molar-refractivity contribution >= 4 is 22.8 Å². The molecule has 30 heavy (non-hydrogen) atoms. The summed E-state index contributed by atoms with van der Waals surface area (Å²) in [6.07, 6.45) is 7.92. The number of nitrogens with zero attached hydrogens (tertiary/aromatic N) is 3. The highest BCUT2D eigenvalue weighted by molar-refractivity contribution is 5.81. The van der Waals surface area contributed by atoms with Gasteiger partial charge in [-0.3, -0.25) is 9.59 Å². The van der Waals surface area contributed by atoms with Gasteiger partial charge in [0.1, 0.15) is 12.4 Å². The SMILES string of the molecule is CCCN(CCC)C(=O)Cn1c(CCCCCNC(=O)C2CC2)nc2ccccc21. The van der Waals surface area contributed by atoms with Gasteiger partial charge in [0.2, 0.25) is 11.8 Å². The molecule has 1 saturated carbocycles. The zero-order valence-electron chi connectivity index (χ0n) is 18.5. The van der Waals surface area contributed by atoms with Crippen molar-refractivity contribution in [1.29, 1.82) is 0 Å². The minimum Gasteiger partial charge on any atom is -0.356 e. The molecular formula is C24H36N4O2. The van der Waals surface area contributed by atoms with Gasteiger partial charge in [0.05, 0.1) is 11.0 Å². The molecule has 1 aromatic carbocycles. The lowest BCUT2D eigenvalue weighted by Crippen LogP contribution is -2.35. The molecule has 6 nitrogen and oxygen atoms in total. The minimum atomic E-state index is 0.172. The Bertz CT molecular complexity index is 835. The van der Waals surface area contributed by atoms with Crippen molar-refractivity contribution in [2.45, 2.75) is 71.8 Å². The highest BCUT2D eigenvalue weighted by atomic mass is 16.2. The number of benzene rings is 1. The number of para-hydroxylation sites is 2. The van der Waals surface area contributed by atoms with E-state index in [1.54, 1.807) is 0 Å². The molecule has 0 radical (unpaired) electrons. The Labute approximate surface area is 180 Å². The van der Waals surface area contributed by atoms with Crippen LogP contribution in [0.25, 0.3) is 11.0 Å². The lowest BCUT2D eigenvalue weighted by atomic mass is 10.2. The van der Waals surface area contributed by atoms with Crippen LogP contribution >= 0.6 is 0 Å². The van der Waals surface area contributed by atoms with Gasteiger partial charge in [-0.2, -0.15) is 0 Å². The summed E-state index contributed by atoms with van der Waals surface area (Å²) in [6, 6.07) is 8.07. The molecule has 2 amide bonds. The summed E-state index contributed by atoms with van der Waals surface area (Å²) >= 11 is 0. The van der Waals surface area contributed by atoms with Gasteiger partial charge in [0.15, 0.2) is 0 Å². The van der Waals surface area contributed by atoms with Crippen molar-refractivity contribution in [3.63, 3.8) is 0 Å². The molecule has 3 rings (SSSR count). The third-order valence-corrected chi connectivity index (χ3v) is 5.69. The molecule has 1 aromatic heterocycles. The first-order valence-corrected chi connectivity index (χ1v) is 11.6. The molecule has 0 spiro atoms. The van der Waals surface area contributed by atoms with Crippen LogP contribution in [0.2, 0.25) is 0 Å². The summed E-state index contributed by atoms with van der Waals surface area (Å²) in [7, 11) is 0. The Balaban J connectivity index is 1.58. The predicted molar refractivity (Wildman–Crippen MR) is 120 cm³/mol. The molecule has 1 heterocycles. The summed E-state index contributed by atoms with van der Waals surface area (Å²) in [6.45, 7) is 6.95. The number of nitrogens with one attached hydrogen (secondary N) is 1. The van der Waals surface area contributed by atoms with Crippen LogP contribution in [0.3, 0.4) is 0 Å². The van der Waals surface area contributed by atoms with Crippen LogP contribution in [0.1, 0.15) is 64.6 Å². The lowest BCUT2D eigenvalue weighted by Gasteiger charge is -2.22. The average Bonchev–Trinajstić information content (AvgIpc) is 3.54. The van der Waals surface area contributed by atoms with E-state index in [-0.39, 0.29) is 17.7 Å². The molecule has 1 aliphatic rings. The molecule has 2 aromatic rings. The first-order chi connectivity index (χ1) is 14.6. The van der Waals surface area contributed by atoms with Gasteiger partial charge in [-0.25, -0.2) is 4.98 Å². The maximum atomic E-state index is 13.0. The quantitative estimate of drug-likeness (QED) is 0.507. The summed E-state index contributed by atoms with van der Waals surface area (Å²) < 4.78 is 2.10. The number of carbonyl (C=O) groups is 2. The van der Waals surface area contributed by atoms with Gasteiger partial charge >= 0.3 is 0 Å². The summed E-state index contributed by atoms with van der Waals surface area (Å²) in [5.74, 6) is 1.66. The fourth-order valence-electron chi connectivity index (χ4n) is 3.92. The van der Waals surface area contributed by atoms with Crippen LogP contribution in [0.5, 0.6) is 0 Å². The topological polar surface area (TPSA) is 67.2 Å². The van der Waals surface area contributed by atoms with E-state index in [1.165, 1.54) is 0 Å². The Hall–Kier alpha value is -2.37. The number of carbonyl (C=O) groups excluding carboxylic acids is 2. The van der Waals surface area contributed by atoms with Crippen LogP contribution in [0.4, 0.5) is 0 Å². The maximum absolute atomic E-state index is 13.0. The molecule has 1 fully saturated rings. The van der Waals surface area contributed by atoms with E-state index in [0.717, 1.165) is 87.9 Å². The van der Waals surface area contributed by atoms with E-state index >= 15 is 0 Å². The number of rotatable bonds is 13. The third kappa shape index (κ3) is 6.07. The van der Waals surface area contributed by atoms with Crippen molar-refractivity contribution in [1.82, 2.24) is 19.8 Å². The van der Waals surface area contributed by atoms with Crippen LogP contribution in [0.15, 0.2) is 24.3 Å². The lowest BCUT2D eigenvalue weighted by molar-refractivity contribution is -0.132. The summed E-state index contributed by atoms with van der Waals surface area (Å²) in [5, 5.41) is 3.03. The number of unbranched alkanes of at least 4 members (excludes halogenated alkanes) is 2. The number of amides is 2. The van der Waals surface area contributed by atoms with E-state index in [2.05, 4.69) is 29.8 Å². The van der Waals surface area contributed by atoms with E-state index in [0.29, 0.717) is 6.54 Å². The second kappa shape index (κ2) is 11.1. The van der Waals surface area contributed by atoms with E-state index in [9.17, 15) is 9.59 Å². The number of imidazole rings is 1. The summed E-state index contributed by atoms with van der Waals surface area (Å²) in [4.78, 5) is 31.4. The van der Waals surface area contributed by atoms with Gasteiger partial charge in [-0.15, -0.1) is 0 Å². The number of aryl methyl sites for hydroxylation is 1. The first-order valence-electron chi connectivity index (χ1n) is 11.6. The molecule has 0 aliphatic heterocycles. The van der Waals surface area contributed by atoms with Crippen molar-refractivity contribution < 1.29 is 9.59 Å². The molecule has 0 unspecified atom stereocenters. The van der Waals surface area contributed by atoms with Crippen molar-refractivity contribution in [2.24, 2.45) is 5.92 Å². The third-order valence-electron chi connectivity index (χ3n) is 5.69. The van der Waals surface area contributed by atoms with E-state index in [4.69, 9.17) is 4.98 Å². The van der Waals surface area contributed by atoms with Gasteiger partial charge in [0, 0.05) is 32.0 Å². The fraction of sp³-hybridized carbons (Fsp3) is 0.625. The Morgan fingerprint density at radius 2 is 1.83 bits per heavy atom. The second-order valence-electron chi connectivity index (χ2n) is 8.36. The molecule has 0 saturated heterocycles. The number of aromatic nitrogens is 2. The number of fused-ring (bicyclic) bond motifs is 1. The second-order valence-corrected chi connectivity index (χ2v) is 8.36. The normalized spacial score (nSPS) is 13.5. The fourth-order valence-corrected chi connectivity index (χ4v) is 3.92. The van der Waals surface area contributed by atoms with Crippen LogP contribution in [-0.2, 0) is 22.6 Å². The number of hydrogen-bond donors (Lipinski definition) is 1. The summed E-state index contributed by atoms with van der Waals surface area (Å²) in [5.41, 5.74) is 1.99. The van der Waals surface area contributed by atoms with Gasteiger partial charge < -0.3 is 14.8 Å². The highest BCUT2D eigenvalue weighted by Crippen LogP contribution is 2.28. The largest absolute Gasteiger partial charge is 0.356 e. The smallest absolute Gasteiger partial charge is 0.242 e. The van der Waals surface area contributed by atoms with Crippen molar-refractivity contribution in [3.8, 4) is 0 Å². The molecule has 164 valence electrons. The number of hydrogen-bond acceptors (Lipinski definition) is 3. The predicted octanol–water partition coefficient (Wildman–Crippen LogP) is 3.92. The molecule has 1 N–H and O–H groups in total. The molecule has 0 atom stereocenters. The van der Waals surface area contributed by atoms with E-state index in [1.807, 2.05) is 23.1 Å². The molecule has 0 bridgehead atoms. The van der Waals surface area contributed by atoms with Crippen LogP contribution in [-0.4, -0.2) is 45.9 Å². The van der Waals surface area contributed by atoms with Crippen molar-refractivity contribution in [2.75, 3.05) is 19.6 Å². The Morgan fingerprint density at radius 3 is 2.53 bits per heavy atom. The van der Waals surface area contributed by atoms with Crippen LogP contribution < -0.4 is 5.32 Å². The van der Waals surface area contributed by atoms with Crippen molar-refractivity contribution in [3.05, 3.63) is 30.1 Å². The maximum Gasteiger partial charge on any atom is 0.242 e. The molecule has 6 heteroatoms. The zero-order chi connectivity index (χ0) is 21.3. The first kappa shape index (κ1) is 22.3.